The van der Waals surface area contributed by atoms with Crippen molar-refractivity contribution in [3.63, 3.8) is 0 Å². The third-order valence-corrected chi connectivity index (χ3v) is 5.42. The van der Waals surface area contributed by atoms with E-state index < -0.39 is 0 Å². The summed E-state index contributed by atoms with van der Waals surface area (Å²) in [5.74, 6) is 1.84. The molecule has 2 aromatic rings. The largest absolute Gasteiger partial charge is 0.338 e. The van der Waals surface area contributed by atoms with Crippen molar-refractivity contribution in [1.29, 1.82) is 0 Å². The highest BCUT2D eigenvalue weighted by atomic mass is 16.2. The van der Waals surface area contributed by atoms with Crippen molar-refractivity contribution in [2.75, 3.05) is 13.1 Å². The number of nitrogens with zero attached hydrogens (tertiary/aromatic N) is 4. The Morgan fingerprint density at radius 3 is 2.71 bits per heavy atom. The summed E-state index contributed by atoms with van der Waals surface area (Å²) >= 11 is 0. The second-order valence-electron chi connectivity index (χ2n) is 7.12. The first-order valence-electron chi connectivity index (χ1n) is 8.57. The van der Waals surface area contributed by atoms with Gasteiger partial charge in [0.1, 0.15) is 0 Å². The van der Waals surface area contributed by atoms with Gasteiger partial charge in [-0.25, -0.2) is 9.67 Å². The molecule has 6 nitrogen and oxygen atoms in total. The lowest BCUT2D eigenvalue weighted by Crippen LogP contribution is -2.33. The molecule has 2 N–H and O–H groups in total. The van der Waals surface area contributed by atoms with Gasteiger partial charge in [0, 0.05) is 31.0 Å². The molecule has 0 spiro atoms. The Morgan fingerprint density at radius 2 is 2.08 bits per heavy atom. The first-order chi connectivity index (χ1) is 11.5. The molecule has 1 aliphatic carbocycles. The number of amides is 1. The first-order valence-corrected chi connectivity index (χ1v) is 8.57. The van der Waals surface area contributed by atoms with Gasteiger partial charge in [0.25, 0.3) is 5.91 Å². The molecule has 1 saturated heterocycles. The van der Waals surface area contributed by atoms with Crippen LogP contribution in [0.2, 0.25) is 0 Å². The Morgan fingerprint density at radius 1 is 1.25 bits per heavy atom. The summed E-state index contributed by atoms with van der Waals surface area (Å²) in [6, 6.07) is 5.96. The lowest BCUT2D eigenvalue weighted by Gasteiger charge is -2.18. The molecule has 2 fully saturated rings. The van der Waals surface area contributed by atoms with Crippen LogP contribution in [0.4, 0.5) is 0 Å². The molecule has 3 atom stereocenters. The van der Waals surface area contributed by atoms with Crippen LogP contribution in [0.3, 0.4) is 0 Å². The zero-order chi connectivity index (χ0) is 16.8. The van der Waals surface area contributed by atoms with E-state index in [4.69, 9.17) is 5.73 Å². The quantitative estimate of drug-likeness (QED) is 0.911. The number of pyridine rings is 1. The maximum Gasteiger partial charge on any atom is 0.255 e. The van der Waals surface area contributed by atoms with E-state index in [0.29, 0.717) is 17.4 Å². The molecule has 126 valence electrons. The fraction of sp³-hybridized carbons (Fsp3) is 0.500. The van der Waals surface area contributed by atoms with E-state index >= 15 is 0 Å². The van der Waals surface area contributed by atoms with Gasteiger partial charge in [-0.3, -0.25) is 4.79 Å². The van der Waals surface area contributed by atoms with E-state index in [1.54, 1.807) is 10.9 Å². The summed E-state index contributed by atoms with van der Waals surface area (Å²) in [5, 5.41) is 4.42. The van der Waals surface area contributed by atoms with Gasteiger partial charge in [0.2, 0.25) is 0 Å². The van der Waals surface area contributed by atoms with Crippen LogP contribution in [0.25, 0.3) is 5.82 Å². The number of hydrogen-bond acceptors (Lipinski definition) is 4. The van der Waals surface area contributed by atoms with Crippen molar-refractivity contribution < 1.29 is 4.79 Å². The Balaban J connectivity index is 1.51. The molecule has 2 aromatic heterocycles. The van der Waals surface area contributed by atoms with Crippen molar-refractivity contribution in [2.45, 2.75) is 32.7 Å². The van der Waals surface area contributed by atoms with E-state index in [1.165, 1.54) is 0 Å². The van der Waals surface area contributed by atoms with Crippen molar-refractivity contribution in [3.8, 4) is 5.82 Å². The van der Waals surface area contributed by atoms with Gasteiger partial charge in [-0.15, -0.1) is 0 Å². The van der Waals surface area contributed by atoms with E-state index in [2.05, 4.69) is 10.1 Å². The van der Waals surface area contributed by atoms with Gasteiger partial charge < -0.3 is 10.6 Å². The number of rotatable bonds is 2. The second-order valence-corrected chi connectivity index (χ2v) is 7.12. The summed E-state index contributed by atoms with van der Waals surface area (Å²) in [6.45, 7) is 5.56. The molecule has 3 unspecified atom stereocenters. The van der Waals surface area contributed by atoms with Gasteiger partial charge in [-0.2, -0.15) is 5.10 Å². The monoisotopic (exact) mass is 325 g/mol. The summed E-state index contributed by atoms with van der Waals surface area (Å²) in [6.07, 6.45) is 3.89. The summed E-state index contributed by atoms with van der Waals surface area (Å²) in [5.41, 5.74) is 8.78. The molecule has 0 radical (unpaired) electrons. The number of fused-ring (bicyclic) bond motifs is 1. The molecule has 1 saturated carbocycles. The summed E-state index contributed by atoms with van der Waals surface area (Å²) < 4.78 is 1.79. The van der Waals surface area contributed by atoms with Gasteiger partial charge in [-0.05, 0) is 56.7 Å². The first kappa shape index (κ1) is 15.3. The Labute approximate surface area is 141 Å². The van der Waals surface area contributed by atoms with Crippen LogP contribution < -0.4 is 5.73 Å². The van der Waals surface area contributed by atoms with Crippen LogP contribution in [0.15, 0.2) is 24.4 Å². The lowest BCUT2D eigenvalue weighted by molar-refractivity contribution is 0.0779. The normalized spacial score (nSPS) is 26.0. The molecule has 0 aromatic carbocycles. The van der Waals surface area contributed by atoms with Crippen LogP contribution in [0.5, 0.6) is 0 Å². The molecule has 24 heavy (non-hydrogen) atoms. The van der Waals surface area contributed by atoms with E-state index in [9.17, 15) is 4.79 Å². The molecule has 2 aliphatic rings. The highest BCUT2D eigenvalue weighted by molar-refractivity contribution is 5.94. The minimum Gasteiger partial charge on any atom is -0.338 e. The maximum atomic E-state index is 12.7. The predicted molar refractivity (Wildman–Crippen MR) is 90.9 cm³/mol. The molecule has 4 rings (SSSR count). The lowest BCUT2D eigenvalue weighted by atomic mass is 9.98. The van der Waals surface area contributed by atoms with Crippen LogP contribution in [0.1, 0.15) is 34.6 Å². The number of aromatic nitrogens is 3. The zero-order valence-electron chi connectivity index (χ0n) is 14.1. The molecule has 1 amide bonds. The van der Waals surface area contributed by atoms with Gasteiger partial charge in [0.15, 0.2) is 5.82 Å². The SMILES string of the molecule is Cc1cc(C)n(-c2ccc(C(=O)N3CC4CCC(N)C4C3)cn2)n1. The van der Waals surface area contributed by atoms with E-state index in [-0.39, 0.29) is 11.9 Å². The van der Waals surface area contributed by atoms with Crippen molar-refractivity contribution in [2.24, 2.45) is 17.6 Å². The van der Waals surface area contributed by atoms with Crippen LogP contribution in [-0.4, -0.2) is 44.7 Å². The standard InChI is InChI=1S/C18H23N5O/c1-11-7-12(2)23(21-11)17-6-4-13(8-20-17)18(24)22-9-14-3-5-16(19)15(14)10-22/h4,6-8,14-16H,3,5,9-10,19H2,1-2H3. The Bertz CT molecular complexity index is 766. The third-order valence-electron chi connectivity index (χ3n) is 5.42. The highest BCUT2D eigenvalue weighted by Crippen LogP contribution is 2.37. The highest BCUT2D eigenvalue weighted by Gasteiger charge is 2.42. The fourth-order valence-corrected chi connectivity index (χ4v) is 4.15. The number of carbonyl (C=O) groups is 1. The van der Waals surface area contributed by atoms with Crippen molar-refractivity contribution in [3.05, 3.63) is 41.3 Å². The topological polar surface area (TPSA) is 77.0 Å². The van der Waals surface area contributed by atoms with E-state index in [0.717, 1.165) is 43.1 Å². The van der Waals surface area contributed by atoms with Crippen molar-refractivity contribution in [1.82, 2.24) is 19.7 Å². The number of likely N-dealkylation sites (tertiary alicyclic amines) is 1. The fourth-order valence-electron chi connectivity index (χ4n) is 4.15. The molecule has 1 aliphatic heterocycles. The molecule has 3 heterocycles. The molecule has 0 bridgehead atoms. The number of carbonyl (C=O) groups excluding carboxylic acids is 1. The van der Waals surface area contributed by atoms with Crippen molar-refractivity contribution >= 4 is 5.91 Å². The minimum absolute atomic E-state index is 0.0593. The molecular weight excluding hydrogens is 302 g/mol. The van der Waals surface area contributed by atoms with Gasteiger partial charge in [0.05, 0.1) is 11.3 Å². The Hall–Kier alpha value is -2.21. The van der Waals surface area contributed by atoms with E-state index in [1.807, 2.05) is 36.9 Å². The Kier molecular flexibility index (Phi) is 3.64. The number of nitrogens with two attached hydrogens (primary N) is 1. The average Bonchev–Trinajstić information content (AvgIpc) is 3.23. The average molecular weight is 325 g/mol. The van der Waals surface area contributed by atoms with Gasteiger partial charge in [-0.1, -0.05) is 0 Å². The van der Waals surface area contributed by atoms with Crippen LogP contribution >= 0.6 is 0 Å². The molecular formula is C18H23N5O. The third kappa shape index (κ3) is 2.51. The minimum atomic E-state index is 0.0593. The number of hydrogen-bond donors (Lipinski definition) is 1. The van der Waals surface area contributed by atoms with Gasteiger partial charge >= 0.3 is 0 Å². The predicted octanol–water partition coefficient (Wildman–Crippen LogP) is 1.69. The summed E-state index contributed by atoms with van der Waals surface area (Å²) in [4.78, 5) is 19.1. The summed E-state index contributed by atoms with van der Waals surface area (Å²) in [7, 11) is 0. The smallest absolute Gasteiger partial charge is 0.255 e. The molecule has 6 heteroatoms. The zero-order valence-corrected chi connectivity index (χ0v) is 14.1. The number of aryl methyl sites for hydroxylation is 2. The van der Waals surface area contributed by atoms with Crippen LogP contribution in [-0.2, 0) is 0 Å². The van der Waals surface area contributed by atoms with Crippen LogP contribution in [0, 0.1) is 25.7 Å². The maximum absolute atomic E-state index is 12.7. The second kappa shape index (κ2) is 5.70.